The first-order valence-electron chi connectivity index (χ1n) is 12.8. The minimum Gasteiger partial charge on any atom is -0.634 e. The molecule has 10 unspecified atom stereocenters. The zero-order chi connectivity index (χ0) is 26.2. The predicted octanol–water partition coefficient (Wildman–Crippen LogP) is -2.19. The number of ether oxygens (including phenoxy) is 3. The number of hydroxylamine groups is 2. The molecule has 7 N–H and O–H groups in total. The Kier molecular flexibility index (Phi) is 6.94. The van der Waals surface area contributed by atoms with Gasteiger partial charge in [-0.15, -0.1) is 0 Å². The predicted molar refractivity (Wildman–Crippen MR) is 122 cm³/mol. The van der Waals surface area contributed by atoms with Crippen LogP contribution >= 0.6 is 0 Å². The van der Waals surface area contributed by atoms with Crippen molar-refractivity contribution >= 4 is 0 Å². The van der Waals surface area contributed by atoms with Crippen molar-refractivity contribution in [3.63, 3.8) is 0 Å². The van der Waals surface area contributed by atoms with E-state index in [0.29, 0.717) is 6.42 Å². The van der Waals surface area contributed by atoms with Gasteiger partial charge in [0.25, 0.3) is 0 Å². The highest BCUT2D eigenvalue weighted by Crippen LogP contribution is 2.66. The van der Waals surface area contributed by atoms with Gasteiger partial charge in [-0.25, -0.2) is 0 Å². The van der Waals surface area contributed by atoms with Gasteiger partial charge in [-0.05, 0) is 18.3 Å². The lowest BCUT2D eigenvalue weighted by Gasteiger charge is -2.50. The number of hydrogen-bond donors (Lipinski definition) is 7. The largest absolute Gasteiger partial charge is 0.634 e. The van der Waals surface area contributed by atoms with Crippen LogP contribution in [-0.2, 0) is 14.2 Å². The molecular formula is C24H43NO10. The van der Waals surface area contributed by atoms with Crippen LogP contribution < -0.4 is 5.06 Å². The fourth-order valence-corrected chi connectivity index (χ4v) is 6.37. The maximum Gasteiger partial charge on any atom is 0.194 e. The van der Waals surface area contributed by atoms with Crippen molar-refractivity contribution in [3.05, 3.63) is 5.21 Å². The highest BCUT2D eigenvalue weighted by molar-refractivity contribution is 5.33. The molecule has 11 heteroatoms. The molecule has 0 amide bonds. The molecule has 2 heterocycles. The summed E-state index contributed by atoms with van der Waals surface area (Å²) in [6.07, 6.45) is -6.13. The molecule has 4 rings (SSSR count). The number of rotatable bonds is 10. The van der Waals surface area contributed by atoms with Gasteiger partial charge in [0.2, 0.25) is 0 Å². The number of quaternary nitrogens is 1. The monoisotopic (exact) mass is 505 g/mol. The lowest BCUT2D eigenvalue weighted by Crippen LogP contribution is -3.17. The summed E-state index contributed by atoms with van der Waals surface area (Å²) in [7, 11) is 0. The maximum absolute atomic E-state index is 13.3. The second-order valence-corrected chi connectivity index (χ2v) is 12.0. The van der Waals surface area contributed by atoms with Gasteiger partial charge in [-0.1, -0.05) is 34.6 Å². The second kappa shape index (κ2) is 8.81. The molecule has 2 aliphatic heterocycles. The Morgan fingerprint density at radius 1 is 1.03 bits per heavy atom. The Morgan fingerprint density at radius 3 is 2.17 bits per heavy atom. The van der Waals surface area contributed by atoms with Crippen LogP contribution in [0.3, 0.4) is 0 Å². The fourth-order valence-electron chi connectivity index (χ4n) is 6.37. The van der Waals surface area contributed by atoms with Gasteiger partial charge in [0.1, 0.15) is 35.6 Å². The molecule has 204 valence electrons. The van der Waals surface area contributed by atoms with Crippen molar-refractivity contribution in [2.24, 2.45) is 11.3 Å². The minimum atomic E-state index is -1.89. The Bertz CT molecular complexity index is 800. The van der Waals surface area contributed by atoms with E-state index >= 15 is 0 Å². The molecule has 0 aromatic heterocycles. The van der Waals surface area contributed by atoms with Crippen LogP contribution in [0.2, 0.25) is 0 Å². The van der Waals surface area contributed by atoms with Gasteiger partial charge in [0.15, 0.2) is 17.4 Å². The Hall–Kier alpha value is -0.440. The van der Waals surface area contributed by atoms with Crippen molar-refractivity contribution in [1.29, 1.82) is 0 Å². The van der Waals surface area contributed by atoms with E-state index in [-0.39, 0.29) is 30.4 Å². The highest BCUT2D eigenvalue weighted by atomic mass is 16.7. The van der Waals surface area contributed by atoms with Crippen molar-refractivity contribution in [2.45, 2.75) is 119 Å². The van der Waals surface area contributed by atoms with E-state index in [0.717, 1.165) is 6.42 Å². The molecule has 4 aliphatic rings. The van der Waals surface area contributed by atoms with Crippen LogP contribution in [-0.4, -0.2) is 110 Å². The van der Waals surface area contributed by atoms with Crippen molar-refractivity contribution in [1.82, 2.24) is 0 Å². The van der Waals surface area contributed by atoms with E-state index in [1.54, 1.807) is 0 Å². The number of aliphatic hydroxyl groups is 6. The number of nitrogens with one attached hydrogen (secondary N) is 1. The van der Waals surface area contributed by atoms with E-state index in [4.69, 9.17) is 14.2 Å². The van der Waals surface area contributed by atoms with E-state index < -0.39 is 77.8 Å². The summed E-state index contributed by atoms with van der Waals surface area (Å²) in [5.41, 5.74) is -7.22. The molecule has 2 aliphatic carbocycles. The van der Waals surface area contributed by atoms with Gasteiger partial charge in [0.05, 0.1) is 25.9 Å². The SMILES string of the molecule is CCC(C)C[NH+]([O-])[C@@]12CC1(O)[C@@H](OC13CC1(O)C(C(C)(C)CC)OC(CO)C3O)OC(CO)C2O. The van der Waals surface area contributed by atoms with Gasteiger partial charge < -0.3 is 55.1 Å². The molecule has 2 saturated carbocycles. The number of hydrogen-bond acceptors (Lipinski definition) is 10. The molecule has 0 aromatic rings. The van der Waals surface area contributed by atoms with E-state index in [2.05, 4.69) is 0 Å². The lowest BCUT2D eigenvalue weighted by atomic mass is 9.76. The Morgan fingerprint density at radius 2 is 1.63 bits per heavy atom. The summed E-state index contributed by atoms with van der Waals surface area (Å²) < 4.78 is 17.9. The third kappa shape index (κ3) is 3.66. The molecule has 4 fully saturated rings. The maximum atomic E-state index is 13.3. The standard InChI is InChI=1S/C24H43NO10/c1-6-13(3)8-25(32)21-11-23(21,31)19(34-14(9-26)16(21)28)35-24-12-22(24,30)18(20(4,5)7-2)33-15(10-27)17(24)29/h13-19,25-31H,6-12H2,1-5H3/t13?,14?,15?,16?,17?,18?,19-,21-,22?,23?,24?/m1/s1. The Labute approximate surface area is 206 Å². The third-order valence-electron chi connectivity index (χ3n) is 9.48. The molecule has 35 heavy (non-hydrogen) atoms. The summed E-state index contributed by atoms with van der Waals surface area (Å²) in [5, 5.41) is 78.0. The molecule has 12 atom stereocenters. The molecular weight excluding hydrogens is 462 g/mol. The molecule has 2 saturated heterocycles. The zero-order valence-electron chi connectivity index (χ0n) is 21.3. The summed E-state index contributed by atoms with van der Waals surface area (Å²) in [6, 6.07) is 0. The van der Waals surface area contributed by atoms with E-state index in [9.17, 15) is 35.8 Å². The summed E-state index contributed by atoms with van der Waals surface area (Å²) >= 11 is 0. The number of fused-ring (bicyclic) bond motifs is 2. The molecule has 0 radical (unpaired) electrons. The van der Waals surface area contributed by atoms with Gasteiger partial charge in [-0.2, -0.15) is 0 Å². The fraction of sp³-hybridized carbons (Fsp3) is 1.00. The second-order valence-electron chi connectivity index (χ2n) is 12.0. The normalized spacial score (nSPS) is 50.7. The first-order chi connectivity index (χ1) is 16.2. The average Bonchev–Trinajstić information content (AvgIpc) is 3.67. The van der Waals surface area contributed by atoms with E-state index in [1.807, 2.05) is 34.6 Å². The molecule has 0 aromatic carbocycles. The third-order valence-corrected chi connectivity index (χ3v) is 9.48. The quantitative estimate of drug-likeness (QED) is 0.162. The first kappa shape index (κ1) is 27.6. The van der Waals surface area contributed by atoms with E-state index in [1.165, 1.54) is 0 Å². The minimum absolute atomic E-state index is 0.0259. The average molecular weight is 506 g/mol. The molecule has 0 bridgehead atoms. The van der Waals surface area contributed by atoms with Crippen molar-refractivity contribution < 1.29 is 49.9 Å². The lowest BCUT2D eigenvalue weighted by molar-refractivity contribution is -0.903. The van der Waals surface area contributed by atoms with Crippen LogP contribution in [0, 0.1) is 16.5 Å². The van der Waals surface area contributed by atoms with Gasteiger partial charge >= 0.3 is 0 Å². The summed E-state index contributed by atoms with van der Waals surface area (Å²) in [4.78, 5) is 0. The molecule has 0 spiro atoms. The van der Waals surface area contributed by atoms with Crippen LogP contribution in [0.5, 0.6) is 0 Å². The van der Waals surface area contributed by atoms with Crippen LogP contribution in [0.25, 0.3) is 0 Å². The van der Waals surface area contributed by atoms with Gasteiger partial charge in [0, 0.05) is 18.8 Å². The zero-order valence-corrected chi connectivity index (χ0v) is 21.3. The number of aliphatic hydroxyl groups excluding tert-OH is 4. The van der Waals surface area contributed by atoms with Crippen LogP contribution in [0.15, 0.2) is 0 Å². The topological polar surface area (TPSA) is 177 Å². The highest BCUT2D eigenvalue weighted by Gasteiger charge is 2.88. The molecule has 11 nitrogen and oxygen atoms in total. The first-order valence-corrected chi connectivity index (χ1v) is 12.8. The Balaban J connectivity index is 1.66. The smallest absolute Gasteiger partial charge is 0.194 e. The summed E-state index contributed by atoms with van der Waals surface area (Å²) in [6.45, 7) is 8.64. The van der Waals surface area contributed by atoms with Crippen molar-refractivity contribution in [2.75, 3.05) is 19.8 Å². The van der Waals surface area contributed by atoms with Crippen molar-refractivity contribution in [3.8, 4) is 0 Å². The van der Waals surface area contributed by atoms with Crippen LogP contribution in [0.1, 0.15) is 60.3 Å². The summed E-state index contributed by atoms with van der Waals surface area (Å²) in [5.74, 6) is 0.0375. The van der Waals surface area contributed by atoms with Gasteiger partial charge in [-0.3, -0.25) is 0 Å². The van der Waals surface area contributed by atoms with Crippen LogP contribution in [0.4, 0.5) is 0 Å².